The fourth-order valence-electron chi connectivity index (χ4n) is 2.03. The minimum absolute atomic E-state index is 0.370. The fraction of sp³-hybridized carbons (Fsp3) is 0.467. The van der Waals surface area contributed by atoms with Gasteiger partial charge in [-0.3, -0.25) is 4.90 Å². The molecule has 0 saturated heterocycles. The van der Waals surface area contributed by atoms with E-state index >= 15 is 0 Å². The second-order valence-corrected chi connectivity index (χ2v) is 4.69. The van der Waals surface area contributed by atoms with Gasteiger partial charge in [0.25, 0.3) is 0 Å². The first kappa shape index (κ1) is 12.9. The lowest BCUT2D eigenvalue weighted by Gasteiger charge is -2.16. The van der Waals surface area contributed by atoms with Gasteiger partial charge in [-0.25, -0.2) is 0 Å². The molecule has 0 heterocycles. The molecule has 0 bridgehead atoms. The van der Waals surface area contributed by atoms with Crippen molar-refractivity contribution < 1.29 is 4.74 Å². The summed E-state index contributed by atoms with van der Waals surface area (Å²) >= 11 is 0. The predicted octanol–water partition coefficient (Wildman–Crippen LogP) is 1.60. The zero-order valence-corrected chi connectivity index (χ0v) is 11.1. The third-order valence-corrected chi connectivity index (χ3v) is 3.19. The summed E-state index contributed by atoms with van der Waals surface area (Å²) in [6, 6.07) is 6.95. The summed E-state index contributed by atoms with van der Waals surface area (Å²) in [6.07, 6.45) is 2.65. The largest absolute Gasteiger partial charge is 0.495 e. The molecule has 0 radical (unpaired) electrons. The van der Waals surface area contributed by atoms with Gasteiger partial charge in [-0.15, -0.1) is 0 Å². The molecular weight excluding hydrogens is 224 g/mol. The van der Waals surface area contributed by atoms with Crippen molar-refractivity contribution in [3.8, 4) is 17.6 Å². The molecule has 2 N–H and O–H groups in total. The highest BCUT2D eigenvalue weighted by molar-refractivity contribution is 5.48. The van der Waals surface area contributed by atoms with Crippen LogP contribution >= 0.6 is 0 Å². The lowest BCUT2D eigenvalue weighted by Crippen LogP contribution is -2.19. The van der Waals surface area contributed by atoms with Crippen molar-refractivity contribution >= 4 is 0 Å². The molecule has 1 aromatic carbocycles. The first-order valence-corrected chi connectivity index (χ1v) is 6.30. The monoisotopic (exact) mass is 244 g/mol. The number of hydrogen-bond donors (Lipinski definition) is 1. The van der Waals surface area contributed by atoms with Crippen LogP contribution in [-0.2, 0) is 6.54 Å². The van der Waals surface area contributed by atoms with Gasteiger partial charge >= 0.3 is 0 Å². The third-order valence-electron chi connectivity index (χ3n) is 3.19. The molecule has 18 heavy (non-hydrogen) atoms. The normalized spacial score (nSPS) is 14.2. The van der Waals surface area contributed by atoms with Crippen molar-refractivity contribution in [3.63, 3.8) is 0 Å². The number of ether oxygens (including phenoxy) is 1. The summed E-state index contributed by atoms with van der Waals surface area (Å²) < 4.78 is 5.31. The molecule has 3 nitrogen and oxygen atoms in total. The van der Waals surface area contributed by atoms with Gasteiger partial charge in [-0.1, -0.05) is 17.9 Å². The zero-order chi connectivity index (χ0) is 13.0. The van der Waals surface area contributed by atoms with E-state index in [0.29, 0.717) is 6.54 Å². The Morgan fingerprint density at radius 2 is 2.22 bits per heavy atom. The Labute approximate surface area is 109 Å². The Hall–Kier alpha value is -1.50. The molecule has 1 saturated carbocycles. The zero-order valence-electron chi connectivity index (χ0n) is 11.1. The maximum absolute atomic E-state index is 5.41. The molecule has 1 aliphatic rings. The average Bonchev–Trinajstić information content (AvgIpc) is 3.20. The summed E-state index contributed by atoms with van der Waals surface area (Å²) in [7, 11) is 3.84. The van der Waals surface area contributed by atoms with Crippen LogP contribution in [-0.4, -0.2) is 31.6 Å². The van der Waals surface area contributed by atoms with Crippen molar-refractivity contribution in [2.24, 2.45) is 5.73 Å². The Balaban J connectivity index is 2.15. The van der Waals surface area contributed by atoms with E-state index < -0.39 is 0 Å². The van der Waals surface area contributed by atoms with Gasteiger partial charge < -0.3 is 10.5 Å². The molecule has 1 aromatic rings. The van der Waals surface area contributed by atoms with Crippen LogP contribution in [0.15, 0.2) is 18.2 Å². The molecule has 0 aliphatic heterocycles. The third kappa shape index (κ3) is 3.25. The van der Waals surface area contributed by atoms with Gasteiger partial charge in [0, 0.05) is 12.6 Å². The van der Waals surface area contributed by atoms with E-state index in [4.69, 9.17) is 10.5 Å². The summed E-state index contributed by atoms with van der Waals surface area (Å²) in [5.41, 5.74) is 7.60. The molecular formula is C15H20N2O. The van der Waals surface area contributed by atoms with Gasteiger partial charge in [0.2, 0.25) is 0 Å². The molecule has 0 spiro atoms. The van der Waals surface area contributed by atoms with Crippen LogP contribution in [0.3, 0.4) is 0 Å². The molecule has 0 unspecified atom stereocenters. The van der Waals surface area contributed by atoms with Crippen LogP contribution in [0.5, 0.6) is 5.75 Å². The van der Waals surface area contributed by atoms with E-state index in [1.54, 1.807) is 7.11 Å². The van der Waals surface area contributed by atoms with Crippen LogP contribution in [0.4, 0.5) is 0 Å². The number of nitrogens with zero attached hydrogens (tertiary/aromatic N) is 1. The smallest absolute Gasteiger partial charge is 0.134 e. The molecule has 3 heteroatoms. The van der Waals surface area contributed by atoms with Crippen molar-refractivity contribution in [2.45, 2.75) is 25.4 Å². The first-order valence-electron chi connectivity index (χ1n) is 6.30. The van der Waals surface area contributed by atoms with Gasteiger partial charge in [-0.2, -0.15) is 0 Å². The lowest BCUT2D eigenvalue weighted by molar-refractivity contribution is 0.316. The van der Waals surface area contributed by atoms with E-state index in [1.807, 2.05) is 6.07 Å². The maximum Gasteiger partial charge on any atom is 0.134 e. The van der Waals surface area contributed by atoms with Crippen molar-refractivity contribution in [1.29, 1.82) is 0 Å². The first-order chi connectivity index (χ1) is 8.74. The summed E-state index contributed by atoms with van der Waals surface area (Å²) in [6.45, 7) is 1.33. The van der Waals surface area contributed by atoms with Crippen LogP contribution in [0, 0.1) is 11.8 Å². The van der Waals surface area contributed by atoms with Crippen molar-refractivity contribution in [1.82, 2.24) is 4.90 Å². The highest BCUT2D eigenvalue weighted by atomic mass is 16.5. The Morgan fingerprint density at radius 3 is 2.83 bits per heavy atom. The second kappa shape index (κ2) is 5.90. The van der Waals surface area contributed by atoms with Gasteiger partial charge in [-0.05, 0) is 37.6 Å². The van der Waals surface area contributed by atoms with Crippen LogP contribution in [0.1, 0.15) is 24.0 Å². The summed E-state index contributed by atoms with van der Waals surface area (Å²) in [5.74, 6) is 6.76. The molecule has 0 atom stereocenters. The van der Waals surface area contributed by atoms with E-state index in [1.165, 1.54) is 18.4 Å². The van der Waals surface area contributed by atoms with Crippen LogP contribution < -0.4 is 10.5 Å². The Kier molecular flexibility index (Phi) is 4.24. The van der Waals surface area contributed by atoms with Gasteiger partial charge in [0.15, 0.2) is 0 Å². The number of rotatable bonds is 4. The van der Waals surface area contributed by atoms with E-state index in [0.717, 1.165) is 23.9 Å². The fourth-order valence-corrected chi connectivity index (χ4v) is 2.03. The summed E-state index contributed by atoms with van der Waals surface area (Å²) in [4.78, 5) is 2.39. The van der Waals surface area contributed by atoms with Gasteiger partial charge in [0.05, 0.1) is 19.2 Å². The number of methoxy groups -OCH3 is 1. The molecule has 2 rings (SSSR count). The number of nitrogens with two attached hydrogens (primary N) is 1. The van der Waals surface area contributed by atoms with Crippen LogP contribution in [0.2, 0.25) is 0 Å². The minimum atomic E-state index is 0.370. The average molecular weight is 244 g/mol. The van der Waals surface area contributed by atoms with Gasteiger partial charge in [0.1, 0.15) is 5.75 Å². The minimum Gasteiger partial charge on any atom is -0.495 e. The van der Waals surface area contributed by atoms with Crippen molar-refractivity contribution in [3.05, 3.63) is 29.3 Å². The predicted molar refractivity (Wildman–Crippen MR) is 73.4 cm³/mol. The SMILES string of the molecule is COc1ccc(CN(C)C2CC2)cc1C#CCN. The van der Waals surface area contributed by atoms with Crippen LogP contribution in [0.25, 0.3) is 0 Å². The molecule has 1 fully saturated rings. The van der Waals surface area contributed by atoms with Crippen molar-refractivity contribution in [2.75, 3.05) is 20.7 Å². The summed E-state index contributed by atoms with van der Waals surface area (Å²) in [5, 5.41) is 0. The Bertz CT molecular complexity index is 469. The Morgan fingerprint density at radius 1 is 1.44 bits per heavy atom. The highest BCUT2D eigenvalue weighted by Crippen LogP contribution is 2.27. The molecule has 96 valence electrons. The highest BCUT2D eigenvalue weighted by Gasteiger charge is 2.25. The standard InChI is InChI=1S/C15H20N2O/c1-17(14-6-7-14)11-12-5-8-15(18-2)13(10-12)4-3-9-16/h5,8,10,14H,6-7,9,11,16H2,1-2H3. The number of hydrogen-bond acceptors (Lipinski definition) is 3. The lowest BCUT2D eigenvalue weighted by atomic mass is 10.1. The molecule has 0 amide bonds. The maximum atomic E-state index is 5.41. The van der Waals surface area contributed by atoms with E-state index in [-0.39, 0.29) is 0 Å². The molecule has 0 aromatic heterocycles. The van der Waals surface area contributed by atoms with E-state index in [2.05, 4.69) is 35.9 Å². The number of benzene rings is 1. The topological polar surface area (TPSA) is 38.5 Å². The quantitative estimate of drug-likeness (QED) is 0.818. The second-order valence-electron chi connectivity index (χ2n) is 4.69. The van der Waals surface area contributed by atoms with E-state index in [9.17, 15) is 0 Å². The molecule has 1 aliphatic carbocycles.